The number of aliphatic carboxylic acids is 1. The Labute approximate surface area is 114 Å². The number of para-hydroxylation sites is 1. The van der Waals surface area contributed by atoms with Crippen molar-refractivity contribution in [2.45, 2.75) is 19.8 Å². The highest BCUT2D eigenvalue weighted by Crippen LogP contribution is 2.24. The van der Waals surface area contributed by atoms with E-state index in [2.05, 4.69) is 5.32 Å². The van der Waals surface area contributed by atoms with Gasteiger partial charge >= 0.3 is 12.0 Å². The molecule has 6 nitrogen and oxygen atoms in total. The molecule has 0 fully saturated rings. The summed E-state index contributed by atoms with van der Waals surface area (Å²) in [5.41, 5.74) is 1.16. The lowest BCUT2D eigenvalue weighted by Crippen LogP contribution is -2.34. The molecule has 3 N–H and O–H groups in total. The molecule has 19 heavy (non-hydrogen) atoms. The van der Waals surface area contributed by atoms with Gasteiger partial charge < -0.3 is 10.4 Å². The lowest BCUT2D eigenvalue weighted by Gasteiger charge is -2.10. The van der Waals surface area contributed by atoms with Crippen molar-refractivity contribution in [3.05, 3.63) is 28.8 Å². The number of urea groups is 1. The van der Waals surface area contributed by atoms with Crippen LogP contribution in [-0.2, 0) is 9.59 Å². The molecule has 0 aromatic heterocycles. The molecule has 0 unspecified atom stereocenters. The number of rotatable bonds is 4. The first-order valence-electron chi connectivity index (χ1n) is 5.48. The molecule has 1 aromatic rings. The van der Waals surface area contributed by atoms with Crippen molar-refractivity contribution in [2.24, 2.45) is 0 Å². The fraction of sp³-hybridized carbons (Fsp3) is 0.250. The topological polar surface area (TPSA) is 95.5 Å². The van der Waals surface area contributed by atoms with E-state index >= 15 is 0 Å². The molecule has 0 spiro atoms. The molecule has 0 aliphatic heterocycles. The summed E-state index contributed by atoms with van der Waals surface area (Å²) in [5, 5.41) is 13.2. The SMILES string of the molecule is Cc1cccc(Cl)c1NC(=O)NC(=O)CCC(=O)O. The van der Waals surface area contributed by atoms with E-state index in [0.717, 1.165) is 5.56 Å². The summed E-state index contributed by atoms with van der Waals surface area (Å²) in [5.74, 6) is -1.76. The minimum absolute atomic E-state index is 0.260. The number of carbonyl (C=O) groups excluding carboxylic acids is 2. The molecule has 0 saturated heterocycles. The van der Waals surface area contributed by atoms with Crippen LogP contribution in [-0.4, -0.2) is 23.0 Å². The number of amides is 3. The number of nitrogens with one attached hydrogen (secondary N) is 2. The highest BCUT2D eigenvalue weighted by Gasteiger charge is 2.12. The number of hydrogen-bond acceptors (Lipinski definition) is 3. The normalized spacial score (nSPS) is 9.79. The van der Waals surface area contributed by atoms with Crippen LogP contribution in [0.5, 0.6) is 0 Å². The van der Waals surface area contributed by atoms with Crippen molar-refractivity contribution in [2.75, 3.05) is 5.32 Å². The number of carboxylic acids is 1. The monoisotopic (exact) mass is 284 g/mol. The summed E-state index contributed by atoms with van der Waals surface area (Å²) in [6.07, 6.45) is -0.589. The van der Waals surface area contributed by atoms with Crippen LogP contribution in [0.15, 0.2) is 18.2 Å². The third-order valence-corrected chi connectivity index (χ3v) is 2.59. The molecule has 0 heterocycles. The van der Waals surface area contributed by atoms with Crippen LogP contribution in [0, 0.1) is 6.92 Å². The zero-order valence-corrected chi connectivity index (χ0v) is 11.0. The first-order valence-corrected chi connectivity index (χ1v) is 5.85. The molecule has 0 aliphatic carbocycles. The van der Waals surface area contributed by atoms with Crippen LogP contribution in [0.25, 0.3) is 0 Å². The molecule has 0 radical (unpaired) electrons. The Morgan fingerprint density at radius 2 is 1.95 bits per heavy atom. The van der Waals surface area contributed by atoms with Crippen LogP contribution in [0.4, 0.5) is 10.5 Å². The van der Waals surface area contributed by atoms with Crippen LogP contribution < -0.4 is 10.6 Å². The molecule has 1 rings (SSSR count). The van der Waals surface area contributed by atoms with Crippen LogP contribution in [0.2, 0.25) is 5.02 Å². The molecule has 3 amide bonds. The van der Waals surface area contributed by atoms with E-state index in [0.29, 0.717) is 10.7 Å². The van der Waals surface area contributed by atoms with Crippen molar-refractivity contribution < 1.29 is 19.5 Å². The predicted molar refractivity (Wildman–Crippen MR) is 70.2 cm³/mol. The second-order valence-corrected chi connectivity index (χ2v) is 4.23. The number of carbonyl (C=O) groups is 3. The Hall–Kier alpha value is -2.08. The van der Waals surface area contributed by atoms with Gasteiger partial charge in [-0.05, 0) is 18.6 Å². The fourth-order valence-electron chi connectivity index (χ4n) is 1.34. The Morgan fingerprint density at radius 1 is 1.26 bits per heavy atom. The van der Waals surface area contributed by atoms with E-state index in [1.54, 1.807) is 25.1 Å². The van der Waals surface area contributed by atoms with Gasteiger partial charge in [-0.1, -0.05) is 23.7 Å². The predicted octanol–water partition coefficient (Wildman–Crippen LogP) is 2.16. The van der Waals surface area contributed by atoms with Gasteiger partial charge in [0.15, 0.2) is 0 Å². The average Bonchev–Trinajstić information content (AvgIpc) is 2.31. The Bertz CT molecular complexity index is 496. The summed E-state index contributed by atoms with van der Waals surface area (Å²) in [4.78, 5) is 33.0. The van der Waals surface area contributed by atoms with Crippen LogP contribution in [0.3, 0.4) is 0 Å². The average molecular weight is 285 g/mol. The number of carboxylic acid groups (broad SMARTS) is 1. The van der Waals surface area contributed by atoms with Gasteiger partial charge in [-0.15, -0.1) is 0 Å². The van der Waals surface area contributed by atoms with Gasteiger partial charge in [-0.2, -0.15) is 0 Å². The Morgan fingerprint density at radius 3 is 2.53 bits per heavy atom. The highest BCUT2D eigenvalue weighted by molar-refractivity contribution is 6.34. The lowest BCUT2D eigenvalue weighted by molar-refractivity contribution is -0.138. The lowest BCUT2D eigenvalue weighted by atomic mass is 10.2. The maximum Gasteiger partial charge on any atom is 0.325 e. The summed E-state index contributed by atoms with van der Waals surface area (Å²) >= 11 is 5.91. The van der Waals surface area contributed by atoms with E-state index in [4.69, 9.17) is 16.7 Å². The third-order valence-electron chi connectivity index (χ3n) is 2.28. The van der Waals surface area contributed by atoms with Crippen molar-refractivity contribution in [1.29, 1.82) is 0 Å². The van der Waals surface area contributed by atoms with Crippen LogP contribution >= 0.6 is 11.6 Å². The molecule has 0 aliphatic rings. The number of benzene rings is 1. The third kappa shape index (κ3) is 4.97. The molecule has 0 atom stereocenters. The molecule has 7 heteroatoms. The summed E-state index contributed by atoms with van der Waals surface area (Å²) < 4.78 is 0. The maximum atomic E-state index is 11.5. The number of hydrogen-bond donors (Lipinski definition) is 3. The molecule has 0 bridgehead atoms. The van der Waals surface area contributed by atoms with Gasteiger partial charge in [0.2, 0.25) is 5.91 Å². The van der Waals surface area contributed by atoms with E-state index in [-0.39, 0.29) is 12.8 Å². The largest absolute Gasteiger partial charge is 0.481 e. The van der Waals surface area contributed by atoms with E-state index in [1.807, 2.05) is 5.32 Å². The minimum atomic E-state index is -1.10. The van der Waals surface area contributed by atoms with E-state index < -0.39 is 17.9 Å². The second-order valence-electron chi connectivity index (χ2n) is 3.83. The first kappa shape index (κ1) is 15.0. The smallest absolute Gasteiger partial charge is 0.325 e. The van der Waals surface area contributed by atoms with E-state index in [1.165, 1.54) is 0 Å². The molecular formula is C12H13ClN2O4. The molecule has 102 valence electrons. The number of halogens is 1. The molecule has 0 saturated carbocycles. The van der Waals surface area contributed by atoms with Crippen molar-refractivity contribution in [3.63, 3.8) is 0 Å². The first-order chi connectivity index (χ1) is 8.90. The van der Waals surface area contributed by atoms with Crippen molar-refractivity contribution >= 4 is 35.2 Å². The second kappa shape index (κ2) is 6.75. The van der Waals surface area contributed by atoms with Gasteiger partial charge in [0.25, 0.3) is 0 Å². The van der Waals surface area contributed by atoms with E-state index in [9.17, 15) is 14.4 Å². The quantitative estimate of drug-likeness (QED) is 0.789. The molecule has 1 aromatic carbocycles. The zero-order chi connectivity index (χ0) is 14.4. The summed E-state index contributed by atoms with van der Waals surface area (Å²) in [6.45, 7) is 1.76. The zero-order valence-electron chi connectivity index (χ0n) is 10.2. The summed E-state index contributed by atoms with van der Waals surface area (Å²) in [7, 11) is 0. The van der Waals surface area contributed by atoms with Crippen LogP contribution in [0.1, 0.15) is 18.4 Å². The fourth-order valence-corrected chi connectivity index (χ4v) is 1.61. The standard InChI is InChI=1S/C12H13ClN2O4/c1-7-3-2-4-8(13)11(7)15-12(19)14-9(16)5-6-10(17)18/h2-4H,5-6H2,1H3,(H,17,18)(H2,14,15,16,19). The Balaban J connectivity index is 2.56. The van der Waals surface area contributed by atoms with Gasteiger partial charge in [-0.3, -0.25) is 14.9 Å². The number of aryl methyl sites for hydroxylation is 1. The summed E-state index contributed by atoms with van der Waals surface area (Å²) in [6, 6.07) is 4.36. The van der Waals surface area contributed by atoms with Gasteiger partial charge in [0, 0.05) is 6.42 Å². The maximum absolute atomic E-state index is 11.5. The number of anilines is 1. The van der Waals surface area contributed by atoms with Gasteiger partial charge in [-0.25, -0.2) is 4.79 Å². The van der Waals surface area contributed by atoms with Crippen molar-refractivity contribution in [1.82, 2.24) is 5.32 Å². The molecular weight excluding hydrogens is 272 g/mol. The van der Waals surface area contributed by atoms with Crippen molar-refractivity contribution in [3.8, 4) is 0 Å². The van der Waals surface area contributed by atoms with Gasteiger partial charge in [0.1, 0.15) is 0 Å². The number of imide groups is 1. The Kier molecular flexibility index (Phi) is 5.32. The highest BCUT2D eigenvalue weighted by atomic mass is 35.5. The minimum Gasteiger partial charge on any atom is -0.481 e. The van der Waals surface area contributed by atoms with Gasteiger partial charge in [0.05, 0.1) is 17.1 Å².